The van der Waals surface area contributed by atoms with Crippen molar-refractivity contribution in [2.75, 3.05) is 18.8 Å². The quantitative estimate of drug-likeness (QED) is 0.807. The van der Waals surface area contributed by atoms with Gasteiger partial charge < -0.3 is 9.64 Å². The van der Waals surface area contributed by atoms with Crippen LogP contribution in [0, 0.1) is 0 Å². The zero-order valence-corrected chi connectivity index (χ0v) is 14.3. The van der Waals surface area contributed by atoms with Crippen molar-refractivity contribution < 1.29 is 9.53 Å². The van der Waals surface area contributed by atoms with Crippen molar-refractivity contribution in [3.8, 4) is 5.88 Å². The van der Waals surface area contributed by atoms with Gasteiger partial charge in [-0.3, -0.25) is 9.78 Å². The van der Waals surface area contributed by atoms with Gasteiger partial charge in [-0.15, -0.1) is 11.8 Å². The van der Waals surface area contributed by atoms with Crippen molar-refractivity contribution in [3.63, 3.8) is 0 Å². The van der Waals surface area contributed by atoms with Gasteiger partial charge in [-0.25, -0.2) is 4.98 Å². The number of likely N-dealkylation sites (tertiary alicyclic amines) is 1. The topological polar surface area (TPSA) is 55.3 Å². The molecule has 2 aromatic rings. The highest BCUT2D eigenvalue weighted by atomic mass is 32.2. The predicted octanol–water partition coefficient (Wildman–Crippen LogP) is 2.78. The first-order valence-electron chi connectivity index (χ1n) is 8.13. The van der Waals surface area contributed by atoms with E-state index in [9.17, 15) is 4.79 Å². The second-order valence-electron chi connectivity index (χ2n) is 5.74. The predicted molar refractivity (Wildman–Crippen MR) is 94.9 cm³/mol. The summed E-state index contributed by atoms with van der Waals surface area (Å²) in [6, 6.07) is 10.2. The molecule has 1 aliphatic rings. The Morgan fingerprint density at radius 1 is 1.29 bits per heavy atom. The molecule has 1 aromatic carbocycles. The normalized spacial score (nSPS) is 17.5. The lowest BCUT2D eigenvalue weighted by Crippen LogP contribution is -2.45. The Labute approximate surface area is 146 Å². The summed E-state index contributed by atoms with van der Waals surface area (Å²) in [6.45, 7) is 1.44. The molecule has 126 valence electrons. The molecule has 1 saturated heterocycles. The van der Waals surface area contributed by atoms with Crippen LogP contribution >= 0.6 is 11.8 Å². The fraction of sp³-hybridized carbons (Fsp3) is 0.389. The molecule has 1 aromatic heterocycles. The highest BCUT2D eigenvalue weighted by Crippen LogP contribution is 2.18. The molecule has 0 saturated carbocycles. The Bertz CT molecular complexity index is 639. The van der Waals surface area contributed by atoms with Gasteiger partial charge in [-0.2, -0.15) is 0 Å². The molecule has 1 fully saturated rings. The number of thioether (sulfide) groups is 1. The van der Waals surface area contributed by atoms with Crippen LogP contribution in [0.15, 0.2) is 48.9 Å². The first kappa shape index (κ1) is 16.8. The Hall–Kier alpha value is -2.08. The number of piperidine rings is 1. The van der Waals surface area contributed by atoms with E-state index in [0.29, 0.717) is 18.2 Å². The summed E-state index contributed by atoms with van der Waals surface area (Å²) < 4.78 is 5.84. The van der Waals surface area contributed by atoms with Crippen molar-refractivity contribution in [2.24, 2.45) is 0 Å². The lowest BCUT2D eigenvalue weighted by molar-refractivity contribution is -0.130. The molecule has 0 radical (unpaired) electrons. The Kier molecular flexibility index (Phi) is 6.07. The number of carbonyl (C=O) groups excluding carboxylic acids is 1. The average Bonchev–Trinajstić information content (AvgIpc) is 2.64. The monoisotopic (exact) mass is 343 g/mol. The van der Waals surface area contributed by atoms with Crippen molar-refractivity contribution in [1.82, 2.24) is 14.9 Å². The molecule has 0 bridgehead atoms. The van der Waals surface area contributed by atoms with E-state index in [1.807, 2.05) is 23.1 Å². The molecular weight excluding hydrogens is 322 g/mol. The summed E-state index contributed by atoms with van der Waals surface area (Å²) in [5.74, 6) is 2.07. The molecule has 1 amide bonds. The molecule has 1 unspecified atom stereocenters. The van der Waals surface area contributed by atoms with Crippen LogP contribution < -0.4 is 4.74 Å². The van der Waals surface area contributed by atoms with Gasteiger partial charge in [0.15, 0.2) is 0 Å². The van der Waals surface area contributed by atoms with Crippen molar-refractivity contribution in [2.45, 2.75) is 24.7 Å². The fourth-order valence-electron chi connectivity index (χ4n) is 2.70. The van der Waals surface area contributed by atoms with Gasteiger partial charge in [-0.1, -0.05) is 30.3 Å². The number of rotatable bonds is 6. The van der Waals surface area contributed by atoms with Crippen LogP contribution in [0.3, 0.4) is 0 Å². The summed E-state index contributed by atoms with van der Waals surface area (Å²) in [4.78, 5) is 22.4. The maximum atomic E-state index is 12.4. The Morgan fingerprint density at radius 3 is 2.96 bits per heavy atom. The average molecular weight is 343 g/mol. The first-order chi connectivity index (χ1) is 11.8. The summed E-state index contributed by atoms with van der Waals surface area (Å²) in [5.41, 5.74) is 1.25. The zero-order valence-electron chi connectivity index (χ0n) is 13.5. The van der Waals surface area contributed by atoms with Crippen molar-refractivity contribution in [3.05, 3.63) is 54.5 Å². The number of carbonyl (C=O) groups is 1. The van der Waals surface area contributed by atoms with Crippen LogP contribution in [0.1, 0.15) is 18.4 Å². The molecule has 6 heteroatoms. The van der Waals surface area contributed by atoms with Gasteiger partial charge in [-0.05, 0) is 18.4 Å². The highest BCUT2D eigenvalue weighted by molar-refractivity contribution is 7.99. The smallest absolute Gasteiger partial charge is 0.232 e. The van der Waals surface area contributed by atoms with Gasteiger partial charge in [0, 0.05) is 24.7 Å². The minimum absolute atomic E-state index is 0.00137. The molecule has 3 rings (SSSR count). The summed E-state index contributed by atoms with van der Waals surface area (Å²) >= 11 is 1.66. The fourth-order valence-corrected chi connectivity index (χ4v) is 3.59. The Morgan fingerprint density at radius 2 is 2.17 bits per heavy atom. The standard InChI is InChI=1S/C18H21N3O2S/c22-18(14-24-13-15-5-2-1-3-6-15)21-10-4-7-16(12-21)23-17-11-19-8-9-20-17/h1-3,5-6,8-9,11,16H,4,7,10,12-14H2. The van der Waals surface area contributed by atoms with E-state index in [2.05, 4.69) is 22.1 Å². The minimum Gasteiger partial charge on any atom is -0.471 e. The molecule has 0 spiro atoms. The number of hydrogen-bond donors (Lipinski definition) is 0. The highest BCUT2D eigenvalue weighted by Gasteiger charge is 2.25. The second-order valence-corrected chi connectivity index (χ2v) is 6.73. The lowest BCUT2D eigenvalue weighted by atomic mass is 10.1. The molecule has 1 atom stereocenters. The van der Waals surface area contributed by atoms with Crippen LogP contribution in [-0.4, -0.2) is 45.7 Å². The SMILES string of the molecule is O=C(CSCc1ccccc1)N1CCCC(Oc2cnccn2)C1. The number of nitrogens with zero attached hydrogens (tertiary/aromatic N) is 3. The number of ether oxygens (including phenoxy) is 1. The summed E-state index contributed by atoms with van der Waals surface area (Å²) in [7, 11) is 0. The van der Waals surface area contributed by atoms with Crippen LogP contribution in [0.5, 0.6) is 5.88 Å². The second kappa shape index (κ2) is 8.68. The van der Waals surface area contributed by atoms with Crippen LogP contribution in [0.4, 0.5) is 0 Å². The maximum absolute atomic E-state index is 12.4. The third kappa shape index (κ3) is 4.96. The molecule has 0 aliphatic carbocycles. The summed E-state index contributed by atoms with van der Waals surface area (Å²) in [5, 5.41) is 0. The Balaban J connectivity index is 1.44. The molecule has 5 nitrogen and oxygen atoms in total. The maximum Gasteiger partial charge on any atom is 0.232 e. The number of amides is 1. The zero-order chi connectivity index (χ0) is 16.6. The largest absolute Gasteiger partial charge is 0.471 e. The summed E-state index contributed by atoms with van der Waals surface area (Å²) in [6.07, 6.45) is 6.74. The van der Waals surface area contributed by atoms with E-state index in [-0.39, 0.29) is 12.0 Å². The van der Waals surface area contributed by atoms with E-state index in [1.54, 1.807) is 30.4 Å². The molecular formula is C18H21N3O2S. The first-order valence-corrected chi connectivity index (χ1v) is 9.29. The van der Waals surface area contributed by atoms with E-state index in [4.69, 9.17) is 4.74 Å². The number of hydrogen-bond acceptors (Lipinski definition) is 5. The van der Waals surface area contributed by atoms with Gasteiger partial charge in [0.1, 0.15) is 6.10 Å². The van der Waals surface area contributed by atoms with Gasteiger partial charge in [0.05, 0.1) is 18.5 Å². The van der Waals surface area contributed by atoms with Crippen LogP contribution in [0.2, 0.25) is 0 Å². The minimum atomic E-state index is -0.00137. The molecule has 24 heavy (non-hydrogen) atoms. The third-order valence-electron chi connectivity index (χ3n) is 3.89. The van der Waals surface area contributed by atoms with Gasteiger partial charge >= 0.3 is 0 Å². The van der Waals surface area contributed by atoms with E-state index in [1.165, 1.54) is 5.56 Å². The van der Waals surface area contributed by atoms with Gasteiger partial charge in [0.25, 0.3) is 0 Å². The molecule has 0 N–H and O–H groups in total. The van der Waals surface area contributed by atoms with E-state index >= 15 is 0 Å². The van der Waals surface area contributed by atoms with E-state index < -0.39 is 0 Å². The number of benzene rings is 1. The van der Waals surface area contributed by atoms with Gasteiger partial charge in [0.2, 0.25) is 11.8 Å². The van der Waals surface area contributed by atoms with Crippen LogP contribution in [0.25, 0.3) is 0 Å². The molecule has 1 aliphatic heterocycles. The van der Waals surface area contributed by atoms with E-state index in [0.717, 1.165) is 25.1 Å². The van der Waals surface area contributed by atoms with Crippen molar-refractivity contribution in [1.29, 1.82) is 0 Å². The lowest BCUT2D eigenvalue weighted by Gasteiger charge is -2.32. The molecule has 2 heterocycles. The van der Waals surface area contributed by atoms with Crippen LogP contribution in [-0.2, 0) is 10.5 Å². The van der Waals surface area contributed by atoms with Crippen molar-refractivity contribution >= 4 is 17.7 Å². The third-order valence-corrected chi connectivity index (χ3v) is 4.88. The number of aromatic nitrogens is 2.